The van der Waals surface area contributed by atoms with E-state index in [0.29, 0.717) is 22.0 Å². The predicted molar refractivity (Wildman–Crippen MR) is 81.9 cm³/mol. The Bertz CT molecular complexity index is 552. The Morgan fingerprint density at radius 2 is 1.68 bits per heavy atom. The Balaban J connectivity index is 1.64. The van der Waals surface area contributed by atoms with Gasteiger partial charge >= 0.3 is 0 Å². The molecule has 2 heterocycles. The molecule has 19 heavy (non-hydrogen) atoms. The van der Waals surface area contributed by atoms with E-state index in [2.05, 4.69) is 27.2 Å². The van der Waals surface area contributed by atoms with Gasteiger partial charge in [-0.2, -0.15) is 0 Å². The van der Waals surface area contributed by atoms with E-state index in [9.17, 15) is 0 Å². The van der Waals surface area contributed by atoms with Crippen LogP contribution in [-0.2, 0) is 13.1 Å². The Morgan fingerprint density at radius 3 is 2.21 bits per heavy atom. The van der Waals surface area contributed by atoms with Crippen molar-refractivity contribution in [2.24, 2.45) is 0 Å². The summed E-state index contributed by atoms with van der Waals surface area (Å²) in [6.45, 7) is 6.06. The molecule has 4 nitrogen and oxygen atoms in total. The van der Waals surface area contributed by atoms with Gasteiger partial charge in [0.05, 0.1) is 6.54 Å². The molecular formula is C11H12Cl2N4S2. The van der Waals surface area contributed by atoms with Gasteiger partial charge in [-0.15, -0.1) is 22.7 Å². The molecule has 102 valence electrons. The highest BCUT2D eigenvalue weighted by Gasteiger charge is 2.01. The molecular weight excluding hydrogens is 323 g/mol. The lowest BCUT2D eigenvalue weighted by atomic mass is 10.4. The van der Waals surface area contributed by atoms with Crippen LogP contribution in [0.15, 0.2) is 24.7 Å². The smallest absolute Gasteiger partial charge is 0.183 e. The summed E-state index contributed by atoms with van der Waals surface area (Å²) >= 11 is 14.4. The highest BCUT2D eigenvalue weighted by atomic mass is 35.5. The van der Waals surface area contributed by atoms with Gasteiger partial charge in [-0.1, -0.05) is 29.8 Å². The van der Waals surface area contributed by atoms with Gasteiger partial charge in [-0.3, -0.25) is 0 Å². The molecule has 0 saturated heterocycles. The largest absolute Gasteiger partial charge is 0.383 e. The van der Waals surface area contributed by atoms with Crippen molar-refractivity contribution in [3.63, 3.8) is 0 Å². The number of halogens is 2. The minimum absolute atomic E-state index is 0.558. The Labute approximate surface area is 129 Å². The number of thiazole rings is 2. The summed E-state index contributed by atoms with van der Waals surface area (Å²) in [6.07, 6.45) is 3.54. The minimum atomic E-state index is 0.558. The maximum atomic E-state index is 5.76. The van der Waals surface area contributed by atoms with Crippen molar-refractivity contribution >= 4 is 45.9 Å². The first kappa shape index (κ1) is 14.7. The molecule has 0 aliphatic rings. The van der Waals surface area contributed by atoms with Gasteiger partial charge in [0.15, 0.2) is 8.93 Å². The normalized spacial score (nSPS) is 10.6. The predicted octanol–water partition coefficient (Wildman–Crippen LogP) is 3.30. The maximum Gasteiger partial charge on any atom is 0.183 e. The Kier molecular flexibility index (Phi) is 5.59. The van der Waals surface area contributed by atoms with E-state index >= 15 is 0 Å². The summed E-state index contributed by atoms with van der Waals surface area (Å²) in [5.41, 5.74) is 0.917. The molecule has 0 saturated carbocycles. The van der Waals surface area contributed by atoms with Crippen LogP contribution >= 0.6 is 45.9 Å². The molecule has 0 unspecified atom stereocenters. The number of nitrogens with zero attached hydrogens (tertiary/aromatic N) is 2. The molecule has 8 heteroatoms. The van der Waals surface area contributed by atoms with Crippen molar-refractivity contribution in [3.8, 4) is 0 Å². The fourth-order valence-corrected chi connectivity index (χ4v) is 3.21. The number of rotatable bonds is 7. The fourth-order valence-electron chi connectivity index (χ4n) is 1.34. The van der Waals surface area contributed by atoms with E-state index < -0.39 is 0 Å². The zero-order valence-corrected chi connectivity index (χ0v) is 13.1. The molecule has 2 aromatic heterocycles. The fraction of sp³-hybridized carbons (Fsp3) is 0.273. The van der Waals surface area contributed by atoms with Crippen LogP contribution in [0.2, 0.25) is 8.93 Å². The molecule has 0 bridgehead atoms. The summed E-state index contributed by atoms with van der Waals surface area (Å²) < 4.78 is 1.12. The van der Waals surface area contributed by atoms with Crippen LogP contribution in [0.25, 0.3) is 0 Å². The summed E-state index contributed by atoms with van der Waals surface area (Å²) in [4.78, 5) is 10.1. The van der Waals surface area contributed by atoms with Gasteiger partial charge < -0.3 is 10.6 Å². The first-order valence-corrected chi connectivity index (χ1v) is 7.85. The summed E-state index contributed by atoms with van der Waals surface area (Å²) in [6, 6.07) is 0. The molecule has 0 aliphatic carbocycles. The highest BCUT2D eigenvalue weighted by molar-refractivity contribution is 7.16. The van der Waals surface area contributed by atoms with Crippen LogP contribution in [0.4, 0.5) is 0 Å². The van der Waals surface area contributed by atoms with Crippen molar-refractivity contribution in [2.75, 3.05) is 6.54 Å². The van der Waals surface area contributed by atoms with E-state index in [4.69, 9.17) is 23.2 Å². The molecule has 2 N–H and O–H groups in total. The monoisotopic (exact) mass is 334 g/mol. The number of hydrogen-bond acceptors (Lipinski definition) is 6. The molecule has 0 spiro atoms. The lowest BCUT2D eigenvalue weighted by Gasteiger charge is -2.08. The zero-order chi connectivity index (χ0) is 13.7. The Hall–Kier alpha value is -0.660. The summed E-state index contributed by atoms with van der Waals surface area (Å²) in [7, 11) is 0. The average molecular weight is 335 g/mol. The van der Waals surface area contributed by atoms with Crippen LogP contribution in [0.3, 0.4) is 0 Å². The van der Waals surface area contributed by atoms with Gasteiger partial charge in [0.2, 0.25) is 0 Å². The molecule has 0 amide bonds. The quantitative estimate of drug-likeness (QED) is 0.815. The van der Waals surface area contributed by atoms with Crippen LogP contribution in [0.1, 0.15) is 9.75 Å². The summed E-state index contributed by atoms with van der Waals surface area (Å²) in [5.74, 6) is 0. The van der Waals surface area contributed by atoms with Gasteiger partial charge in [-0.25, -0.2) is 9.97 Å². The van der Waals surface area contributed by atoms with Crippen molar-refractivity contribution in [1.82, 2.24) is 20.6 Å². The van der Waals surface area contributed by atoms with E-state index in [1.165, 1.54) is 22.7 Å². The first-order chi connectivity index (χ1) is 9.13. The van der Waals surface area contributed by atoms with Crippen LogP contribution < -0.4 is 10.6 Å². The van der Waals surface area contributed by atoms with Gasteiger partial charge in [0, 0.05) is 40.9 Å². The van der Waals surface area contributed by atoms with E-state index in [1.807, 2.05) is 0 Å². The van der Waals surface area contributed by atoms with Crippen molar-refractivity contribution < 1.29 is 0 Å². The maximum absolute atomic E-state index is 5.76. The molecule has 2 rings (SSSR count). The molecule has 0 fully saturated rings. The van der Waals surface area contributed by atoms with Crippen molar-refractivity contribution in [2.45, 2.75) is 13.1 Å². The van der Waals surface area contributed by atoms with Crippen LogP contribution in [-0.4, -0.2) is 16.5 Å². The van der Waals surface area contributed by atoms with Gasteiger partial charge in [0.25, 0.3) is 0 Å². The third-order valence-electron chi connectivity index (χ3n) is 2.20. The molecule has 0 atom stereocenters. The summed E-state index contributed by atoms with van der Waals surface area (Å²) in [5, 5.41) is 6.49. The highest BCUT2D eigenvalue weighted by Crippen LogP contribution is 2.18. The third-order valence-corrected chi connectivity index (χ3v) is 4.43. The van der Waals surface area contributed by atoms with Gasteiger partial charge in [-0.05, 0) is 0 Å². The number of nitrogens with one attached hydrogen (secondary N) is 2. The Morgan fingerprint density at radius 1 is 1.11 bits per heavy atom. The molecule has 0 radical (unpaired) electrons. The van der Waals surface area contributed by atoms with Crippen LogP contribution in [0, 0.1) is 0 Å². The zero-order valence-electron chi connectivity index (χ0n) is 9.95. The average Bonchev–Trinajstić information content (AvgIpc) is 2.96. The minimum Gasteiger partial charge on any atom is -0.383 e. The van der Waals surface area contributed by atoms with E-state index in [-0.39, 0.29) is 0 Å². The second-order valence-corrected chi connectivity index (χ2v) is 7.11. The number of hydrogen-bond donors (Lipinski definition) is 2. The van der Waals surface area contributed by atoms with Crippen LogP contribution in [0.5, 0.6) is 0 Å². The van der Waals surface area contributed by atoms with Crippen molar-refractivity contribution in [1.29, 1.82) is 0 Å². The molecule has 0 aliphatic heterocycles. The second kappa shape index (κ2) is 7.21. The van der Waals surface area contributed by atoms with Crippen molar-refractivity contribution in [3.05, 3.63) is 43.4 Å². The van der Waals surface area contributed by atoms with Gasteiger partial charge in [0.1, 0.15) is 0 Å². The third kappa shape index (κ3) is 5.08. The lowest BCUT2D eigenvalue weighted by molar-refractivity contribution is 0.690. The van der Waals surface area contributed by atoms with E-state index in [0.717, 1.165) is 22.0 Å². The standard InChI is InChI=1S/C11H12Cl2N4S2/c1-7(15-4-9-6-17-11(13)19-9)2-14-3-8-5-16-10(12)18-8/h5-6,14-15H,1-4H2. The molecule has 0 aromatic carbocycles. The SMILES string of the molecule is C=C(CNCc1cnc(Cl)s1)NCc1cnc(Cl)s1. The number of aromatic nitrogens is 2. The topological polar surface area (TPSA) is 49.8 Å². The van der Waals surface area contributed by atoms with E-state index in [1.54, 1.807) is 12.4 Å². The first-order valence-electron chi connectivity index (χ1n) is 5.46. The molecule has 2 aromatic rings. The second-order valence-electron chi connectivity index (χ2n) is 3.72. The lowest BCUT2D eigenvalue weighted by Crippen LogP contribution is -2.23.